The van der Waals surface area contributed by atoms with Crippen molar-refractivity contribution in [2.75, 3.05) is 18.4 Å². The lowest BCUT2D eigenvalue weighted by Gasteiger charge is -2.24. The molecule has 7 heteroatoms. The van der Waals surface area contributed by atoms with Crippen LogP contribution < -0.4 is 5.32 Å². The summed E-state index contributed by atoms with van der Waals surface area (Å²) in [7, 11) is 0. The molecule has 0 bridgehead atoms. The molecule has 37 heavy (non-hydrogen) atoms. The quantitative estimate of drug-likeness (QED) is 0.290. The lowest BCUT2D eigenvalue weighted by Crippen LogP contribution is -2.40. The van der Waals surface area contributed by atoms with Crippen molar-refractivity contribution in [1.29, 1.82) is 0 Å². The van der Waals surface area contributed by atoms with Crippen LogP contribution in [0.1, 0.15) is 35.3 Å². The molecule has 1 heterocycles. The van der Waals surface area contributed by atoms with Crippen molar-refractivity contribution in [1.82, 2.24) is 14.5 Å². The number of carbonyl (C=O) groups is 2. The second-order valence-corrected chi connectivity index (χ2v) is 9.97. The van der Waals surface area contributed by atoms with Crippen LogP contribution >= 0.6 is 11.6 Å². The third-order valence-electron chi connectivity index (χ3n) is 6.11. The number of rotatable bonds is 8. The van der Waals surface area contributed by atoms with Crippen LogP contribution in [0.3, 0.4) is 0 Å². The fourth-order valence-electron chi connectivity index (χ4n) is 4.09. The van der Waals surface area contributed by atoms with Crippen molar-refractivity contribution in [2.45, 2.75) is 27.7 Å². The third-order valence-corrected chi connectivity index (χ3v) is 6.44. The van der Waals surface area contributed by atoms with E-state index in [1.165, 1.54) is 10.5 Å². The summed E-state index contributed by atoms with van der Waals surface area (Å²) in [6, 6.07) is 22.8. The molecule has 0 unspecified atom stereocenters. The summed E-state index contributed by atoms with van der Waals surface area (Å²) >= 11 is 6.28. The van der Waals surface area contributed by atoms with E-state index in [4.69, 9.17) is 16.6 Å². The summed E-state index contributed by atoms with van der Waals surface area (Å²) in [6.07, 6.45) is 1.91. The molecule has 1 aromatic heterocycles. The highest BCUT2D eigenvalue weighted by molar-refractivity contribution is 6.33. The second kappa shape index (κ2) is 11.4. The molecule has 4 aromatic rings. The van der Waals surface area contributed by atoms with E-state index in [-0.39, 0.29) is 24.3 Å². The van der Waals surface area contributed by atoms with Crippen molar-refractivity contribution in [3.63, 3.8) is 0 Å². The molecule has 0 saturated carbocycles. The number of carbonyl (C=O) groups excluding carboxylic acids is 2. The zero-order valence-electron chi connectivity index (χ0n) is 21.5. The highest BCUT2D eigenvalue weighted by atomic mass is 35.5. The maximum Gasteiger partial charge on any atom is 0.255 e. The Kier molecular flexibility index (Phi) is 8.09. The van der Waals surface area contributed by atoms with Crippen molar-refractivity contribution >= 4 is 29.4 Å². The van der Waals surface area contributed by atoms with Crippen molar-refractivity contribution in [3.05, 3.63) is 101 Å². The molecule has 0 aliphatic rings. The first-order valence-electron chi connectivity index (χ1n) is 12.3. The van der Waals surface area contributed by atoms with Gasteiger partial charge in [-0.05, 0) is 55.2 Å². The van der Waals surface area contributed by atoms with Gasteiger partial charge in [-0.15, -0.1) is 0 Å². The van der Waals surface area contributed by atoms with Crippen LogP contribution in [0.15, 0.2) is 79.0 Å². The van der Waals surface area contributed by atoms with Crippen LogP contribution in [-0.4, -0.2) is 39.4 Å². The second-order valence-electron chi connectivity index (χ2n) is 9.56. The Labute approximate surface area is 222 Å². The average Bonchev–Trinajstić information content (AvgIpc) is 3.29. The summed E-state index contributed by atoms with van der Waals surface area (Å²) in [5.41, 5.74) is 5.26. The molecule has 1 N–H and O–H groups in total. The zero-order chi connectivity index (χ0) is 26.5. The molecule has 190 valence electrons. The molecule has 0 aliphatic carbocycles. The van der Waals surface area contributed by atoms with Gasteiger partial charge in [0.1, 0.15) is 6.54 Å². The van der Waals surface area contributed by atoms with Gasteiger partial charge in [-0.2, -0.15) is 0 Å². The molecule has 2 amide bonds. The van der Waals surface area contributed by atoms with Crippen molar-refractivity contribution in [2.24, 2.45) is 5.92 Å². The topological polar surface area (TPSA) is 67.2 Å². The van der Waals surface area contributed by atoms with Crippen LogP contribution in [0, 0.1) is 19.8 Å². The highest BCUT2D eigenvalue weighted by Gasteiger charge is 2.23. The normalized spacial score (nSPS) is 11.0. The van der Waals surface area contributed by atoms with Crippen LogP contribution in [0.4, 0.5) is 5.95 Å². The first kappa shape index (κ1) is 26.2. The predicted octanol–water partition coefficient (Wildman–Crippen LogP) is 6.55. The van der Waals surface area contributed by atoms with E-state index in [2.05, 4.69) is 25.2 Å². The maximum atomic E-state index is 13.3. The summed E-state index contributed by atoms with van der Waals surface area (Å²) in [4.78, 5) is 32.8. The van der Waals surface area contributed by atoms with Crippen molar-refractivity contribution < 1.29 is 9.59 Å². The number of nitrogens with one attached hydrogen (secondary N) is 1. The molecule has 3 aromatic carbocycles. The van der Waals surface area contributed by atoms with E-state index in [1.54, 1.807) is 24.3 Å². The van der Waals surface area contributed by atoms with Gasteiger partial charge in [-0.3, -0.25) is 19.5 Å². The maximum absolute atomic E-state index is 13.3. The largest absolute Gasteiger partial charge is 0.329 e. The monoisotopic (exact) mass is 514 g/mol. The Bertz CT molecular complexity index is 1410. The van der Waals surface area contributed by atoms with Gasteiger partial charge >= 0.3 is 0 Å². The molecule has 0 aliphatic heterocycles. The lowest BCUT2D eigenvalue weighted by molar-refractivity contribution is -0.117. The Morgan fingerprint density at radius 1 is 0.973 bits per heavy atom. The number of anilines is 1. The van der Waals surface area contributed by atoms with Gasteiger partial charge in [0.2, 0.25) is 11.9 Å². The van der Waals surface area contributed by atoms with E-state index in [0.29, 0.717) is 23.1 Å². The van der Waals surface area contributed by atoms with Gasteiger partial charge in [0.15, 0.2) is 0 Å². The Balaban J connectivity index is 1.64. The summed E-state index contributed by atoms with van der Waals surface area (Å²) < 4.78 is 1.87. The molecular weight excluding hydrogens is 484 g/mol. The first-order chi connectivity index (χ1) is 17.7. The van der Waals surface area contributed by atoms with Gasteiger partial charge in [0, 0.05) is 24.0 Å². The number of aryl methyl sites for hydroxylation is 2. The predicted molar refractivity (Wildman–Crippen MR) is 149 cm³/mol. The number of imidazole rings is 1. The van der Waals surface area contributed by atoms with Gasteiger partial charge in [0.25, 0.3) is 5.91 Å². The van der Waals surface area contributed by atoms with E-state index < -0.39 is 0 Å². The molecule has 0 radical (unpaired) electrons. The summed E-state index contributed by atoms with van der Waals surface area (Å²) in [6.45, 7) is 8.41. The Morgan fingerprint density at radius 2 is 1.68 bits per heavy atom. The molecule has 0 fully saturated rings. The number of aromatic nitrogens is 2. The fourth-order valence-corrected chi connectivity index (χ4v) is 4.31. The van der Waals surface area contributed by atoms with Gasteiger partial charge < -0.3 is 4.90 Å². The van der Waals surface area contributed by atoms with Crippen LogP contribution in [0.2, 0.25) is 5.02 Å². The van der Waals surface area contributed by atoms with Crippen LogP contribution in [-0.2, 0) is 4.79 Å². The molecule has 0 spiro atoms. The van der Waals surface area contributed by atoms with Gasteiger partial charge in [-0.1, -0.05) is 74.0 Å². The Morgan fingerprint density at radius 3 is 2.35 bits per heavy atom. The Hall–Kier alpha value is -3.90. The van der Waals surface area contributed by atoms with Gasteiger partial charge in [-0.25, -0.2) is 4.98 Å². The van der Waals surface area contributed by atoms with Crippen LogP contribution in [0.25, 0.3) is 16.9 Å². The number of benzene rings is 3. The van der Waals surface area contributed by atoms with Crippen LogP contribution in [0.5, 0.6) is 0 Å². The third kappa shape index (κ3) is 6.27. The lowest BCUT2D eigenvalue weighted by atomic mass is 10.1. The molecule has 4 rings (SSSR count). The van der Waals surface area contributed by atoms with E-state index in [0.717, 1.165) is 22.5 Å². The van der Waals surface area contributed by atoms with Gasteiger partial charge in [0.05, 0.1) is 16.3 Å². The highest BCUT2D eigenvalue weighted by Crippen LogP contribution is 2.26. The number of halogens is 1. The SMILES string of the molecule is Cc1ccc(-n2cc(-c3ccccc3)nc2NC(=O)CN(CC(C)C)C(=O)c2ccccc2Cl)cc1C. The molecular formula is C30H31ClN4O2. The minimum Gasteiger partial charge on any atom is -0.329 e. The molecule has 6 nitrogen and oxygen atoms in total. The van der Waals surface area contributed by atoms with E-state index in [1.807, 2.05) is 67.1 Å². The van der Waals surface area contributed by atoms with E-state index in [9.17, 15) is 9.59 Å². The standard InChI is InChI=1S/C30H31ClN4O2/c1-20(2)17-34(29(37)25-12-8-9-13-26(25)31)19-28(36)33-30-32-27(23-10-6-5-7-11-23)18-35(30)24-15-14-21(3)22(4)16-24/h5-16,18,20H,17,19H2,1-4H3,(H,32,33,36). The minimum atomic E-state index is -0.337. The molecule has 0 saturated heterocycles. The van der Waals surface area contributed by atoms with E-state index >= 15 is 0 Å². The smallest absolute Gasteiger partial charge is 0.255 e. The summed E-state index contributed by atoms with van der Waals surface area (Å²) in [5.74, 6) is -0.0588. The van der Waals surface area contributed by atoms with Crippen molar-refractivity contribution in [3.8, 4) is 16.9 Å². The number of nitrogens with zero attached hydrogens (tertiary/aromatic N) is 3. The number of amides is 2. The fraction of sp³-hybridized carbons (Fsp3) is 0.233. The molecule has 0 atom stereocenters. The minimum absolute atomic E-state index is 0.122. The number of hydrogen-bond acceptors (Lipinski definition) is 3. The first-order valence-corrected chi connectivity index (χ1v) is 12.7. The average molecular weight is 515 g/mol. The number of hydrogen-bond donors (Lipinski definition) is 1. The summed E-state index contributed by atoms with van der Waals surface area (Å²) in [5, 5.41) is 3.30. The zero-order valence-corrected chi connectivity index (χ0v) is 22.3.